The van der Waals surface area contributed by atoms with Gasteiger partial charge >= 0.3 is 0 Å². The normalized spacial score (nSPS) is 13.3. The maximum atomic E-state index is 5.79. The first-order valence-electron chi connectivity index (χ1n) is 7.05. The van der Waals surface area contributed by atoms with Crippen molar-refractivity contribution in [3.8, 4) is 5.75 Å². The average Bonchev–Trinajstić information content (AvgIpc) is 2.35. The van der Waals surface area contributed by atoms with Gasteiger partial charge in [0.25, 0.3) is 0 Å². The Morgan fingerprint density at radius 1 is 1.21 bits per heavy atom. The maximum absolute atomic E-state index is 5.79. The summed E-state index contributed by atoms with van der Waals surface area (Å²) in [5.41, 5.74) is 4.04. The molecule has 1 atom stereocenters. The van der Waals surface area contributed by atoms with Crippen LogP contribution in [0.1, 0.15) is 46.2 Å². The number of aromatic nitrogens is 1. The lowest BCUT2D eigenvalue weighted by Crippen LogP contribution is -2.38. The highest BCUT2D eigenvalue weighted by Gasteiger charge is 2.28. The molecule has 0 radical (unpaired) electrons. The number of nitrogens with two attached hydrogens (primary N) is 1. The van der Waals surface area contributed by atoms with Gasteiger partial charge in [0.15, 0.2) is 0 Å². The van der Waals surface area contributed by atoms with Gasteiger partial charge in [-0.15, -0.1) is 0 Å². The van der Waals surface area contributed by atoms with Crippen LogP contribution in [0, 0.1) is 17.8 Å². The van der Waals surface area contributed by atoms with E-state index in [1.54, 1.807) is 6.20 Å². The molecule has 1 unspecified atom stereocenters. The van der Waals surface area contributed by atoms with Gasteiger partial charge in [-0.2, -0.15) is 0 Å². The third-order valence-electron chi connectivity index (χ3n) is 3.51. The number of pyridine rings is 1. The molecule has 1 rings (SSSR count). The topological polar surface area (TPSA) is 60.2 Å². The Kier molecular flexibility index (Phi) is 6.25. The predicted octanol–water partition coefficient (Wildman–Crippen LogP) is 2.91. The van der Waals surface area contributed by atoms with Gasteiger partial charge in [-0.05, 0) is 36.3 Å². The fourth-order valence-electron chi connectivity index (χ4n) is 2.82. The first kappa shape index (κ1) is 15.9. The van der Waals surface area contributed by atoms with Crippen LogP contribution >= 0.6 is 0 Å². The SMILES string of the molecule is CCOc1cncc(C(NN)C(C(C)C)C(C)C)c1. The summed E-state index contributed by atoms with van der Waals surface area (Å²) in [6, 6.07) is 2.12. The Morgan fingerprint density at radius 3 is 2.32 bits per heavy atom. The molecule has 1 aromatic heterocycles. The Hall–Kier alpha value is -1.13. The molecule has 0 aliphatic rings. The molecule has 0 amide bonds. The lowest BCUT2D eigenvalue weighted by atomic mass is 9.78. The van der Waals surface area contributed by atoms with Gasteiger partial charge in [0.2, 0.25) is 0 Å². The van der Waals surface area contributed by atoms with E-state index >= 15 is 0 Å². The largest absolute Gasteiger partial charge is 0.492 e. The van der Waals surface area contributed by atoms with E-state index in [0.717, 1.165) is 11.3 Å². The molecule has 0 aliphatic carbocycles. The molecule has 0 aliphatic heterocycles. The van der Waals surface area contributed by atoms with Gasteiger partial charge in [0, 0.05) is 6.20 Å². The van der Waals surface area contributed by atoms with Gasteiger partial charge < -0.3 is 4.74 Å². The molecule has 0 aromatic carbocycles. The van der Waals surface area contributed by atoms with E-state index in [0.29, 0.717) is 24.4 Å². The standard InChI is InChI=1S/C15H27N3O/c1-6-19-13-7-12(8-17-9-13)15(18-16)14(10(2)3)11(4)5/h7-11,14-15,18H,6,16H2,1-5H3. The van der Waals surface area contributed by atoms with Crippen LogP contribution in [0.4, 0.5) is 0 Å². The van der Waals surface area contributed by atoms with E-state index in [1.807, 2.05) is 19.2 Å². The van der Waals surface area contributed by atoms with Crippen LogP contribution < -0.4 is 16.0 Å². The average molecular weight is 265 g/mol. The van der Waals surface area contributed by atoms with Gasteiger partial charge in [-0.3, -0.25) is 16.3 Å². The zero-order valence-corrected chi connectivity index (χ0v) is 12.7. The van der Waals surface area contributed by atoms with Crippen molar-refractivity contribution in [3.63, 3.8) is 0 Å². The summed E-state index contributed by atoms with van der Waals surface area (Å²) in [5, 5.41) is 0. The summed E-state index contributed by atoms with van der Waals surface area (Å²) in [7, 11) is 0. The molecule has 4 nitrogen and oxygen atoms in total. The Morgan fingerprint density at radius 2 is 1.84 bits per heavy atom. The highest BCUT2D eigenvalue weighted by molar-refractivity contribution is 5.26. The number of rotatable bonds is 7. The molecule has 4 heteroatoms. The number of nitrogens with one attached hydrogen (secondary N) is 1. The van der Waals surface area contributed by atoms with E-state index < -0.39 is 0 Å². The third kappa shape index (κ3) is 4.18. The minimum Gasteiger partial charge on any atom is -0.492 e. The summed E-state index contributed by atoms with van der Waals surface area (Å²) in [5.74, 6) is 8.11. The Bertz CT molecular complexity index is 371. The monoisotopic (exact) mass is 265 g/mol. The van der Waals surface area contributed by atoms with Crippen molar-refractivity contribution < 1.29 is 4.74 Å². The minimum absolute atomic E-state index is 0.0907. The third-order valence-corrected chi connectivity index (χ3v) is 3.51. The molecule has 108 valence electrons. The smallest absolute Gasteiger partial charge is 0.137 e. The predicted molar refractivity (Wildman–Crippen MR) is 78.6 cm³/mol. The zero-order chi connectivity index (χ0) is 14.4. The summed E-state index contributed by atoms with van der Waals surface area (Å²) in [6.07, 6.45) is 3.60. The molecule has 3 N–H and O–H groups in total. The molecular weight excluding hydrogens is 238 g/mol. The first-order valence-corrected chi connectivity index (χ1v) is 7.05. The van der Waals surface area contributed by atoms with Crippen LogP contribution in [0.25, 0.3) is 0 Å². The second-order valence-electron chi connectivity index (χ2n) is 5.60. The van der Waals surface area contributed by atoms with Crippen molar-refractivity contribution in [2.24, 2.45) is 23.6 Å². The number of hydrogen-bond donors (Lipinski definition) is 2. The van der Waals surface area contributed by atoms with Gasteiger partial charge in [0.05, 0.1) is 18.8 Å². The van der Waals surface area contributed by atoms with E-state index in [2.05, 4.69) is 38.1 Å². The molecule has 19 heavy (non-hydrogen) atoms. The number of ether oxygens (including phenoxy) is 1. The lowest BCUT2D eigenvalue weighted by molar-refractivity contribution is 0.210. The summed E-state index contributed by atoms with van der Waals surface area (Å²) in [4.78, 5) is 4.25. The van der Waals surface area contributed by atoms with Crippen LogP contribution in [0.2, 0.25) is 0 Å². The second kappa shape index (κ2) is 7.46. The molecule has 1 aromatic rings. The van der Waals surface area contributed by atoms with Crippen LogP contribution in [0.5, 0.6) is 5.75 Å². The van der Waals surface area contributed by atoms with E-state index in [1.165, 1.54) is 0 Å². The quantitative estimate of drug-likeness (QED) is 0.588. The minimum atomic E-state index is 0.0907. The van der Waals surface area contributed by atoms with E-state index in [4.69, 9.17) is 10.6 Å². The molecular formula is C15H27N3O. The number of hydrogen-bond acceptors (Lipinski definition) is 4. The summed E-state index contributed by atoms with van der Waals surface area (Å²) in [6.45, 7) is 11.5. The van der Waals surface area contributed by atoms with Crippen molar-refractivity contribution in [1.29, 1.82) is 0 Å². The molecule has 0 fully saturated rings. The van der Waals surface area contributed by atoms with Crippen LogP contribution in [0.3, 0.4) is 0 Å². The highest BCUT2D eigenvalue weighted by Crippen LogP contribution is 2.34. The first-order chi connectivity index (χ1) is 9.01. The summed E-state index contributed by atoms with van der Waals surface area (Å²) < 4.78 is 5.51. The van der Waals surface area contributed by atoms with Crippen molar-refractivity contribution in [3.05, 3.63) is 24.0 Å². The molecule has 0 saturated carbocycles. The van der Waals surface area contributed by atoms with Crippen LogP contribution in [-0.4, -0.2) is 11.6 Å². The van der Waals surface area contributed by atoms with Crippen molar-refractivity contribution in [2.45, 2.75) is 40.7 Å². The molecule has 1 heterocycles. The fraction of sp³-hybridized carbons (Fsp3) is 0.667. The zero-order valence-electron chi connectivity index (χ0n) is 12.7. The maximum Gasteiger partial charge on any atom is 0.137 e. The second-order valence-corrected chi connectivity index (χ2v) is 5.60. The van der Waals surface area contributed by atoms with Crippen molar-refractivity contribution in [1.82, 2.24) is 10.4 Å². The fourth-order valence-corrected chi connectivity index (χ4v) is 2.82. The van der Waals surface area contributed by atoms with E-state index in [9.17, 15) is 0 Å². The Balaban J connectivity index is 3.04. The highest BCUT2D eigenvalue weighted by atomic mass is 16.5. The van der Waals surface area contributed by atoms with Crippen LogP contribution in [0.15, 0.2) is 18.5 Å². The lowest BCUT2D eigenvalue weighted by Gasteiger charge is -2.33. The van der Waals surface area contributed by atoms with Crippen molar-refractivity contribution in [2.75, 3.05) is 6.61 Å². The van der Waals surface area contributed by atoms with Gasteiger partial charge in [0.1, 0.15) is 5.75 Å². The van der Waals surface area contributed by atoms with Crippen molar-refractivity contribution >= 4 is 0 Å². The van der Waals surface area contributed by atoms with Crippen LogP contribution in [-0.2, 0) is 0 Å². The molecule has 0 saturated heterocycles. The molecule has 0 spiro atoms. The number of nitrogens with zero attached hydrogens (tertiary/aromatic N) is 1. The van der Waals surface area contributed by atoms with E-state index in [-0.39, 0.29) is 6.04 Å². The van der Waals surface area contributed by atoms with Gasteiger partial charge in [-0.1, -0.05) is 27.7 Å². The summed E-state index contributed by atoms with van der Waals surface area (Å²) >= 11 is 0. The Labute approximate surface area is 116 Å². The molecule has 0 bridgehead atoms. The van der Waals surface area contributed by atoms with Gasteiger partial charge in [-0.25, -0.2) is 0 Å². The number of hydrazine groups is 1.